The molecule has 3 saturated heterocycles. The average Bonchev–Trinajstić information content (AvgIpc) is 3.42. The van der Waals surface area contributed by atoms with Crippen LogP contribution in [0.2, 0.25) is 0 Å². The summed E-state index contributed by atoms with van der Waals surface area (Å²) in [4.78, 5) is 42.3. The lowest BCUT2D eigenvalue weighted by molar-refractivity contribution is -0.137. The zero-order valence-electron chi connectivity index (χ0n) is 19.3. The van der Waals surface area contributed by atoms with Crippen molar-refractivity contribution in [2.45, 2.75) is 56.9 Å². The lowest BCUT2D eigenvalue weighted by Crippen LogP contribution is -2.56. The Hall–Kier alpha value is -2.69. The molecule has 0 saturated carbocycles. The van der Waals surface area contributed by atoms with E-state index >= 15 is 0 Å². The predicted molar refractivity (Wildman–Crippen MR) is 124 cm³/mol. The summed E-state index contributed by atoms with van der Waals surface area (Å²) >= 11 is 1.65. The molecule has 2 unspecified atom stereocenters. The van der Waals surface area contributed by atoms with Crippen molar-refractivity contribution in [2.24, 2.45) is 5.92 Å². The highest BCUT2D eigenvalue weighted by Crippen LogP contribution is 2.41. The van der Waals surface area contributed by atoms with E-state index in [9.17, 15) is 27.6 Å². The molecule has 0 radical (unpaired) electrons. The number of benzene rings is 1. The van der Waals surface area contributed by atoms with Crippen LogP contribution in [0.25, 0.3) is 0 Å². The minimum absolute atomic E-state index is 0.157. The molecule has 7 nitrogen and oxygen atoms in total. The van der Waals surface area contributed by atoms with E-state index in [0.29, 0.717) is 25.3 Å². The van der Waals surface area contributed by atoms with Crippen LogP contribution in [0, 0.1) is 5.92 Å². The molecule has 0 spiro atoms. The van der Waals surface area contributed by atoms with Crippen LogP contribution in [0.5, 0.6) is 0 Å². The lowest BCUT2D eigenvalue weighted by Gasteiger charge is -2.42. The SMILES string of the molecule is C=C(C)OC(=O)N[C@H](C(=O)N1CCSC1)C1CC2CCC(C1)N2C(=O)c1ccc(C(F)(F)F)cc1. The highest BCUT2D eigenvalue weighted by Gasteiger charge is 2.48. The molecule has 0 aliphatic carbocycles. The quantitative estimate of drug-likeness (QED) is 0.598. The number of alkyl halides is 3. The summed E-state index contributed by atoms with van der Waals surface area (Å²) in [6, 6.07) is 3.16. The fourth-order valence-electron chi connectivity index (χ4n) is 5.25. The molecule has 4 rings (SSSR count). The van der Waals surface area contributed by atoms with Crippen molar-refractivity contribution in [3.63, 3.8) is 0 Å². The van der Waals surface area contributed by atoms with Crippen molar-refractivity contribution >= 4 is 29.7 Å². The number of carbonyl (C=O) groups is 3. The summed E-state index contributed by atoms with van der Waals surface area (Å²) in [5.74, 6) is 0.936. The number of rotatable bonds is 5. The molecule has 3 aliphatic rings. The van der Waals surface area contributed by atoms with Crippen LogP contribution in [-0.4, -0.2) is 64.0 Å². The summed E-state index contributed by atoms with van der Waals surface area (Å²) in [5.41, 5.74) is -0.594. The number of nitrogens with zero attached hydrogens (tertiary/aromatic N) is 2. The standard InChI is InChI=1S/C24H28F3N3O4S/c1-14(2)34-23(33)28-20(22(32)29-9-10-35-13-29)16-11-18-7-8-19(12-16)30(18)21(31)15-3-5-17(6-4-15)24(25,26)27/h3-6,16,18-20H,1,7-13H2,2H3,(H,28,33)/t16?,18?,19?,20-/m0/s1. The molecule has 1 N–H and O–H groups in total. The number of allylic oxidation sites excluding steroid dienone is 1. The van der Waals surface area contributed by atoms with Gasteiger partial charge in [-0.1, -0.05) is 6.58 Å². The second kappa shape index (κ2) is 10.1. The fourth-order valence-corrected chi connectivity index (χ4v) is 6.21. The first-order valence-electron chi connectivity index (χ1n) is 11.5. The maximum Gasteiger partial charge on any atom is 0.416 e. The van der Waals surface area contributed by atoms with Gasteiger partial charge in [0.2, 0.25) is 5.91 Å². The number of piperidine rings is 1. The molecule has 190 valence electrons. The monoisotopic (exact) mass is 511 g/mol. The van der Waals surface area contributed by atoms with Gasteiger partial charge in [-0.2, -0.15) is 13.2 Å². The smallest absolute Gasteiger partial charge is 0.416 e. The second-order valence-electron chi connectivity index (χ2n) is 9.26. The summed E-state index contributed by atoms with van der Waals surface area (Å²) in [6.07, 6.45) is -2.71. The van der Waals surface area contributed by atoms with Crippen molar-refractivity contribution in [2.75, 3.05) is 18.2 Å². The van der Waals surface area contributed by atoms with Crippen molar-refractivity contribution in [1.82, 2.24) is 15.1 Å². The third-order valence-electron chi connectivity index (χ3n) is 6.81. The van der Waals surface area contributed by atoms with E-state index in [4.69, 9.17) is 4.74 Å². The summed E-state index contributed by atoms with van der Waals surface area (Å²) in [6.45, 7) is 5.71. The Morgan fingerprint density at radius 1 is 1.14 bits per heavy atom. The number of ether oxygens (including phenoxy) is 1. The van der Waals surface area contributed by atoms with E-state index in [1.807, 2.05) is 0 Å². The normalized spacial score (nSPS) is 24.7. The van der Waals surface area contributed by atoms with Gasteiger partial charge in [0.05, 0.1) is 17.2 Å². The van der Waals surface area contributed by atoms with E-state index in [-0.39, 0.29) is 41.1 Å². The average molecular weight is 512 g/mol. The number of alkyl carbamates (subject to hydrolysis) is 1. The number of hydrogen-bond acceptors (Lipinski definition) is 5. The Morgan fingerprint density at radius 2 is 1.77 bits per heavy atom. The summed E-state index contributed by atoms with van der Waals surface area (Å²) < 4.78 is 43.7. The molecule has 35 heavy (non-hydrogen) atoms. The molecular weight excluding hydrogens is 483 g/mol. The number of amides is 3. The predicted octanol–water partition coefficient (Wildman–Crippen LogP) is 4.25. The molecule has 3 atom stereocenters. The van der Waals surface area contributed by atoms with Crippen molar-refractivity contribution in [3.05, 3.63) is 47.7 Å². The second-order valence-corrected chi connectivity index (χ2v) is 10.3. The molecule has 11 heteroatoms. The van der Waals surface area contributed by atoms with Crippen LogP contribution in [0.15, 0.2) is 36.6 Å². The van der Waals surface area contributed by atoms with Gasteiger partial charge in [0.15, 0.2) is 0 Å². The Bertz CT molecular complexity index is 981. The number of fused-ring (bicyclic) bond motifs is 2. The number of thioether (sulfide) groups is 1. The molecule has 3 fully saturated rings. The van der Waals surface area contributed by atoms with Crippen LogP contribution >= 0.6 is 11.8 Å². The van der Waals surface area contributed by atoms with Gasteiger partial charge < -0.3 is 19.9 Å². The molecule has 3 aliphatic heterocycles. The minimum atomic E-state index is -4.47. The number of nitrogens with one attached hydrogen (secondary N) is 1. The number of halogens is 3. The van der Waals surface area contributed by atoms with E-state index in [1.165, 1.54) is 12.1 Å². The van der Waals surface area contributed by atoms with Gasteiger partial charge in [0.1, 0.15) is 6.04 Å². The van der Waals surface area contributed by atoms with Crippen LogP contribution < -0.4 is 5.32 Å². The van der Waals surface area contributed by atoms with Crippen LogP contribution in [-0.2, 0) is 15.7 Å². The number of carbonyl (C=O) groups excluding carboxylic acids is 3. The minimum Gasteiger partial charge on any atom is -0.416 e. The largest absolute Gasteiger partial charge is 0.416 e. The van der Waals surface area contributed by atoms with E-state index in [0.717, 1.165) is 30.7 Å². The molecule has 1 aromatic carbocycles. The number of hydrogen-bond donors (Lipinski definition) is 1. The van der Waals surface area contributed by atoms with Crippen molar-refractivity contribution in [1.29, 1.82) is 0 Å². The first kappa shape index (κ1) is 25.4. The van der Waals surface area contributed by atoms with Gasteiger partial charge in [-0.15, -0.1) is 11.8 Å². The Morgan fingerprint density at radius 3 is 2.29 bits per heavy atom. The van der Waals surface area contributed by atoms with E-state index in [2.05, 4.69) is 11.9 Å². The van der Waals surface area contributed by atoms with Crippen molar-refractivity contribution < 1.29 is 32.3 Å². The molecule has 1 aromatic rings. The highest BCUT2D eigenvalue weighted by atomic mass is 32.2. The maximum atomic E-state index is 13.3. The first-order chi connectivity index (χ1) is 16.5. The van der Waals surface area contributed by atoms with Gasteiger partial charge in [-0.3, -0.25) is 9.59 Å². The highest BCUT2D eigenvalue weighted by molar-refractivity contribution is 7.99. The van der Waals surface area contributed by atoms with Gasteiger partial charge in [0.25, 0.3) is 5.91 Å². The molecular formula is C24H28F3N3O4S. The third-order valence-corrected chi connectivity index (χ3v) is 7.77. The Kier molecular flexibility index (Phi) is 7.35. The fraction of sp³-hybridized carbons (Fsp3) is 0.542. The van der Waals surface area contributed by atoms with E-state index in [1.54, 1.807) is 28.5 Å². The third kappa shape index (κ3) is 5.60. The van der Waals surface area contributed by atoms with Crippen LogP contribution in [0.4, 0.5) is 18.0 Å². The zero-order valence-corrected chi connectivity index (χ0v) is 20.2. The molecule has 2 bridgehead atoms. The first-order valence-corrected chi connectivity index (χ1v) is 12.7. The molecule has 0 aromatic heterocycles. The molecule has 3 heterocycles. The summed E-state index contributed by atoms with van der Waals surface area (Å²) in [5, 5.41) is 2.73. The van der Waals surface area contributed by atoms with Gasteiger partial charge in [0, 0.05) is 29.9 Å². The van der Waals surface area contributed by atoms with Gasteiger partial charge >= 0.3 is 12.3 Å². The Labute approximate surface area is 206 Å². The van der Waals surface area contributed by atoms with Gasteiger partial charge in [-0.25, -0.2) is 4.79 Å². The van der Waals surface area contributed by atoms with Crippen molar-refractivity contribution in [3.8, 4) is 0 Å². The topological polar surface area (TPSA) is 79.0 Å². The Balaban J connectivity index is 1.49. The summed E-state index contributed by atoms with van der Waals surface area (Å²) in [7, 11) is 0. The van der Waals surface area contributed by atoms with Crippen LogP contribution in [0.3, 0.4) is 0 Å². The lowest BCUT2D eigenvalue weighted by atomic mass is 9.84. The van der Waals surface area contributed by atoms with Gasteiger partial charge in [-0.05, 0) is 62.8 Å². The van der Waals surface area contributed by atoms with Crippen LogP contribution in [0.1, 0.15) is 48.5 Å². The zero-order chi connectivity index (χ0) is 25.3. The molecule has 3 amide bonds. The van der Waals surface area contributed by atoms with E-state index < -0.39 is 23.9 Å². The maximum absolute atomic E-state index is 13.3.